The van der Waals surface area contributed by atoms with Crippen molar-refractivity contribution in [1.29, 1.82) is 0 Å². The highest BCUT2D eigenvalue weighted by atomic mass is 35.5. The Labute approximate surface area is 129 Å². The Morgan fingerprint density at radius 2 is 1.91 bits per heavy atom. The van der Waals surface area contributed by atoms with Gasteiger partial charge in [-0.3, -0.25) is 9.59 Å². The van der Waals surface area contributed by atoms with E-state index in [4.69, 9.17) is 23.1 Å². The molecule has 1 unspecified atom stereocenters. The molecule has 1 aromatic carbocycles. The topological polar surface area (TPSA) is 95.4 Å². The average molecular weight is 339 g/mol. The quantitative estimate of drug-likeness (QED) is 0.800. The number of benzene rings is 1. The number of rotatable bonds is 5. The molecule has 0 saturated heterocycles. The molecule has 0 fully saturated rings. The highest BCUT2D eigenvalue weighted by molar-refractivity contribution is 6.30. The number of alkyl halides is 3. The highest BCUT2D eigenvalue weighted by Crippen LogP contribution is 2.35. The van der Waals surface area contributed by atoms with Crippen molar-refractivity contribution in [3.8, 4) is 0 Å². The first kappa shape index (κ1) is 18.2. The van der Waals surface area contributed by atoms with Gasteiger partial charge < -0.3 is 16.2 Å². The second-order valence-corrected chi connectivity index (χ2v) is 5.02. The van der Waals surface area contributed by atoms with Crippen molar-refractivity contribution in [3.63, 3.8) is 0 Å². The van der Waals surface area contributed by atoms with Crippen LogP contribution in [-0.4, -0.2) is 25.0 Å². The van der Waals surface area contributed by atoms with Crippen LogP contribution < -0.4 is 11.5 Å². The molecule has 5 nitrogen and oxygen atoms in total. The summed E-state index contributed by atoms with van der Waals surface area (Å²) in [6.07, 6.45) is -5.04. The third-order valence-electron chi connectivity index (χ3n) is 3.05. The summed E-state index contributed by atoms with van der Waals surface area (Å²) in [4.78, 5) is 22.6. The van der Waals surface area contributed by atoms with Gasteiger partial charge in [0.1, 0.15) is 0 Å². The molecule has 0 aliphatic carbocycles. The van der Waals surface area contributed by atoms with Crippen molar-refractivity contribution in [3.05, 3.63) is 34.3 Å². The zero-order chi connectivity index (χ0) is 17.1. The summed E-state index contributed by atoms with van der Waals surface area (Å²) in [6, 6.07) is 1.35. The number of nitrogens with two attached hydrogens (primary N) is 2. The van der Waals surface area contributed by atoms with Crippen LogP contribution in [0, 0.1) is 0 Å². The number of hydrogen-bond acceptors (Lipinski definition) is 4. The fourth-order valence-electron chi connectivity index (χ4n) is 1.90. The highest BCUT2D eigenvalue weighted by Gasteiger charge is 2.34. The van der Waals surface area contributed by atoms with Crippen LogP contribution in [-0.2, 0) is 20.5 Å². The maximum atomic E-state index is 12.8. The van der Waals surface area contributed by atoms with E-state index < -0.39 is 42.0 Å². The van der Waals surface area contributed by atoms with Gasteiger partial charge in [-0.05, 0) is 23.8 Å². The molecule has 4 N–H and O–H groups in total. The standard InChI is InChI=1S/C13H14ClF3N2O3/c1-22-10(20)5-9(11(18)12(19)21)6-2-7(13(15,16)17)4-8(14)3-6/h2-4,9,11H,5,18H2,1H3,(H2,19,21)/t9-,11?/m0/s1. The molecule has 0 aromatic heterocycles. The first-order valence-corrected chi connectivity index (χ1v) is 6.43. The van der Waals surface area contributed by atoms with E-state index in [0.717, 1.165) is 19.2 Å². The maximum Gasteiger partial charge on any atom is 0.416 e. The van der Waals surface area contributed by atoms with Gasteiger partial charge >= 0.3 is 12.1 Å². The molecule has 1 rings (SSSR count). The first-order valence-electron chi connectivity index (χ1n) is 6.05. The minimum absolute atomic E-state index is 0.0171. The minimum atomic E-state index is -4.63. The Balaban J connectivity index is 3.32. The van der Waals surface area contributed by atoms with E-state index in [1.165, 1.54) is 6.07 Å². The predicted molar refractivity (Wildman–Crippen MR) is 73.0 cm³/mol. The molecular formula is C13H14ClF3N2O3. The van der Waals surface area contributed by atoms with Crippen LogP contribution in [0.2, 0.25) is 5.02 Å². The lowest BCUT2D eigenvalue weighted by Gasteiger charge is -2.22. The summed E-state index contributed by atoms with van der Waals surface area (Å²) in [6.45, 7) is 0. The third-order valence-corrected chi connectivity index (χ3v) is 3.27. The Morgan fingerprint density at radius 3 is 2.36 bits per heavy atom. The maximum absolute atomic E-state index is 12.8. The van der Waals surface area contributed by atoms with E-state index in [2.05, 4.69) is 4.74 Å². The van der Waals surface area contributed by atoms with E-state index in [9.17, 15) is 22.8 Å². The molecule has 0 aliphatic rings. The second-order valence-electron chi connectivity index (χ2n) is 4.59. The van der Waals surface area contributed by atoms with Crippen molar-refractivity contribution in [2.24, 2.45) is 11.5 Å². The number of hydrogen-bond donors (Lipinski definition) is 2. The Kier molecular flexibility index (Phi) is 5.78. The van der Waals surface area contributed by atoms with Crippen molar-refractivity contribution in [1.82, 2.24) is 0 Å². The van der Waals surface area contributed by atoms with Crippen LogP contribution in [0.5, 0.6) is 0 Å². The van der Waals surface area contributed by atoms with Gasteiger partial charge in [-0.25, -0.2) is 0 Å². The molecule has 0 heterocycles. The summed E-state index contributed by atoms with van der Waals surface area (Å²) < 4.78 is 42.9. The molecule has 122 valence electrons. The van der Waals surface area contributed by atoms with Crippen LogP contribution in [0.25, 0.3) is 0 Å². The molecule has 0 spiro atoms. The number of carbonyl (C=O) groups is 2. The lowest BCUT2D eigenvalue weighted by Crippen LogP contribution is -2.42. The monoisotopic (exact) mass is 338 g/mol. The summed E-state index contributed by atoms with van der Waals surface area (Å²) in [5.74, 6) is -2.78. The Morgan fingerprint density at radius 1 is 1.32 bits per heavy atom. The molecule has 0 aliphatic heterocycles. The van der Waals surface area contributed by atoms with E-state index >= 15 is 0 Å². The van der Waals surface area contributed by atoms with Crippen LogP contribution in [0.15, 0.2) is 18.2 Å². The average Bonchev–Trinajstić information content (AvgIpc) is 2.41. The third kappa shape index (κ3) is 4.60. The second kappa shape index (κ2) is 6.97. The largest absolute Gasteiger partial charge is 0.469 e. The fraction of sp³-hybridized carbons (Fsp3) is 0.385. The van der Waals surface area contributed by atoms with Crippen molar-refractivity contribution < 1.29 is 27.5 Å². The molecule has 2 atom stereocenters. The van der Waals surface area contributed by atoms with Crippen molar-refractivity contribution >= 4 is 23.5 Å². The van der Waals surface area contributed by atoms with Gasteiger partial charge in [0.2, 0.25) is 5.91 Å². The number of amides is 1. The number of esters is 1. The molecular weight excluding hydrogens is 325 g/mol. The molecule has 0 bridgehead atoms. The summed E-state index contributed by atoms with van der Waals surface area (Å²) >= 11 is 5.68. The fourth-order valence-corrected chi connectivity index (χ4v) is 2.15. The number of halogens is 4. The van der Waals surface area contributed by atoms with Crippen molar-refractivity contribution in [2.75, 3.05) is 7.11 Å². The summed E-state index contributed by atoms with van der Waals surface area (Å²) in [5, 5.41) is -0.198. The number of ether oxygens (including phenoxy) is 1. The molecule has 0 radical (unpaired) electrons. The van der Waals surface area contributed by atoms with Gasteiger partial charge in [0, 0.05) is 10.9 Å². The number of methoxy groups -OCH3 is 1. The SMILES string of the molecule is COC(=O)C[C@@H](c1cc(Cl)cc(C(F)(F)F)c1)C(N)C(N)=O. The summed E-state index contributed by atoms with van der Waals surface area (Å²) in [5.41, 5.74) is 9.65. The van der Waals surface area contributed by atoms with E-state index in [1.807, 2.05) is 0 Å². The summed E-state index contributed by atoms with van der Waals surface area (Å²) in [7, 11) is 1.11. The first-order chi connectivity index (χ1) is 10.1. The zero-order valence-electron chi connectivity index (χ0n) is 11.5. The minimum Gasteiger partial charge on any atom is -0.469 e. The van der Waals surface area contributed by atoms with Crippen molar-refractivity contribution in [2.45, 2.75) is 24.6 Å². The van der Waals surface area contributed by atoms with E-state index in [0.29, 0.717) is 0 Å². The molecule has 9 heteroatoms. The molecule has 0 saturated carbocycles. The smallest absolute Gasteiger partial charge is 0.416 e. The number of carbonyl (C=O) groups excluding carboxylic acids is 2. The van der Waals surface area contributed by atoms with Gasteiger partial charge in [0.25, 0.3) is 0 Å². The van der Waals surface area contributed by atoms with Crippen LogP contribution in [0.3, 0.4) is 0 Å². The molecule has 22 heavy (non-hydrogen) atoms. The number of primary amides is 1. The zero-order valence-corrected chi connectivity index (χ0v) is 12.2. The van der Waals surface area contributed by atoms with Gasteiger partial charge in [0.05, 0.1) is 25.1 Å². The van der Waals surface area contributed by atoms with E-state index in [1.54, 1.807) is 0 Å². The van der Waals surface area contributed by atoms with Gasteiger partial charge in [-0.1, -0.05) is 11.6 Å². The Hall–Kier alpha value is -1.80. The predicted octanol–water partition coefficient (Wildman–Crippen LogP) is 1.82. The normalized spacial score (nSPS) is 14.3. The lowest BCUT2D eigenvalue weighted by atomic mass is 9.87. The van der Waals surface area contributed by atoms with Gasteiger partial charge in [-0.2, -0.15) is 13.2 Å². The van der Waals surface area contributed by atoms with Crippen LogP contribution in [0.4, 0.5) is 13.2 Å². The van der Waals surface area contributed by atoms with Gasteiger partial charge in [0.15, 0.2) is 0 Å². The Bertz CT molecular complexity index is 578. The lowest BCUT2D eigenvalue weighted by molar-refractivity contribution is -0.141. The van der Waals surface area contributed by atoms with Crippen LogP contribution in [0.1, 0.15) is 23.5 Å². The van der Waals surface area contributed by atoms with E-state index in [-0.39, 0.29) is 10.6 Å². The molecule has 1 aromatic rings. The molecule has 1 amide bonds. The van der Waals surface area contributed by atoms with Crippen LogP contribution >= 0.6 is 11.6 Å². The van der Waals surface area contributed by atoms with Gasteiger partial charge in [-0.15, -0.1) is 0 Å².